The second-order valence-electron chi connectivity index (χ2n) is 6.08. The zero-order valence-electron chi connectivity index (χ0n) is 13.9. The van der Waals surface area contributed by atoms with Crippen LogP contribution in [0.5, 0.6) is 5.75 Å². The van der Waals surface area contributed by atoms with Gasteiger partial charge in [0.2, 0.25) is 0 Å². The van der Waals surface area contributed by atoms with E-state index in [1.165, 1.54) is 23.3 Å². The lowest BCUT2D eigenvalue weighted by Crippen LogP contribution is -2.41. The summed E-state index contributed by atoms with van der Waals surface area (Å²) < 4.78 is 5.19. The van der Waals surface area contributed by atoms with Crippen LogP contribution in [0.3, 0.4) is 0 Å². The van der Waals surface area contributed by atoms with E-state index >= 15 is 0 Å². The molecule has 3 rings (SSSR count). The summed E-state index contributed by atoms with van der Waals surface area (Å²) >= 11 is 1.45. The third-order valence-corrected chi connectivity index (χ3v) is 5.24. The lowest BCUT2D eigenvalue weighted by Gasteiger charge is -2.31. The average molecular weight is 345 g/mol. The Bertz CT molecular complexity index is 635. The van der Waals surface area contributed by atoms with Crippen molar-refractivity contribution in [2.45, 2.75) is 25.7 Å². The predicted molar refractivity (Wildman–Crippen MR) is 96.7 cm³/mol. The molecule has 5 nitrogen and oxygen atoms in total. The van der Waals surface area contributed by atoms with Crippen molar-refractivity contribution in [1.82, 2.24) is 9.88 Å². The van der Waals surface area contributed by atoms with E-state index in [-0.39, 0.29) is 6.03 Å². The highest BCUT2D eigenvalue weighted by Gasteiger charge is 2.23. The summed E-state index contributed by atoms with van der Waals surface area (Å²) in [4.78, 5) is 18.2. The second-order valence-corrected chi connectivity index (χ2v) is 6.98. The van der Waals surface area contributed by atoms with Gasteiger partial charge in [-0.05, 0) is 49.3 Å². The maximum Gasteiger partial charge on any atom is 0.323 e. The number of likely N-dealkylation sites (tertiary alicyclic amines) is 1. The van der Waals surface area contributed by atoms with Gasteiger partial charge in [0, 0.05) is 24.7 Å². The quantitative estimate of drug-likeness (QED) is 0.890. The minimum Gasteiger partial charge on any atom is -0.497 e. The Morgan fingerprint density at radius 2 is 2.08 bits per heavy atom. The molecule has 2 amide bonds. The molecule has 1 aromatic carbocycles. The SMILES string of the molecule is COc1ccc(CCC2CCN(C(=O)Nc3nccs3)CC2)cc1. The summed E-state index contributed by atoms with van der Waals surface area (Å²) in [5.41, 5.74) is 1.35. The molecule has 128 valence electrons. The topological polar surface area (TPSA) is 54.5 Å². The molecule has 1 fully saturated rings. The van der Waals surface area contributed by atoms with E-state index in [9.17, 15) is 4.79 Å². The van der Waals surface area contributed by atoms with Crippen LogP contribution in [0.25, 0.3) is 0 Å². The van der Waals surface area contributed by atoms with Crippen molar-refractivity contribution in [3.05, 3.63) is 41.4 Å². The largest absolute Gasteiger partial charge is 0.497 e. The first kappa shape index (κ1) is 16.8. The molecule has 0 saturated carbocycles. The number of hydrogen-bond donors (Lipinski definition) is 1. The lowest BCUT2D eigenvalue weighted by atomic mass is 9.90. The number of anilines is 1. The number of ether oxygens (including phenoxy) is 1. The van der Waals surface area contributed by atoms with Crippen molar-refractivity contribution in [3.8, 4) is 5.75 Å². The number of carbonyl (C=O) groups is 1. The van der Waals surface area contributed by atoms with Crippen LogP contribution in [0.2, 0.25) is 0 Å². The number of benzene rings is 1. The number of carbonyl (C=O) groups excluding carboxylic acids is 1. The van der Waals surface area contributed by atoms with Crippen LogP contribution in [-0.2, 0) is 6.42 Å². The van der Waals surface area contributed by atoms with Crippen molar-refractivity contribution in [1.29, 1.82) is 0 Å². The van der Waals surface area contributed by atoms with Crippen LogP contribution < -0.4 is 10.1 Å². The van der Waals surface area contributed by atoms with E-state index in [0.29, 0.717) is 11.0 Å². The van der Waals surface area contributed by atoms with Crippen LogP contribution >= 0.6 is 11.3 Å². The Morgan fingerprint density at radius 3 is 2.71 bits per heavy atom. The molecule has 0 aliphatic carbocycles. The fourth-order valence-corrected chi connectivity index (χ4v) is 3.56. The molecule has 0 unspecified atom stereocenters. The molecule has 2 heterocycles. The minimum absolute atomic E-state index is 0.0291. The van der Waals surface area contributed by atoms with Crippen molar-refractivity contribution in [2.75, 3.05) is 25.5 Å². The Labute approximate surface area is 146 Å². The maximum absolute atomic E-state index is 12.2. The summed E-state index contributed by atoms with van der Waals surface area (Å²) in [5, 5.41) is 5.39. The van der Waals surface area contributed by atoms with E-state index in [4.69, 9.17) is 4.74 Å². The monoisotopic (exact) mass is 345 g/mol. The highest BCUT2D eigenvalue weighted by Crippen LogP contribution is 2.24. The molecule has 0 bridgehead atoms. The minimum atomic E-state index is -0.0291. The summed E-state index contributed by atoms with van der Waals surface area (Å²) in [5.74, 6) is 1.59. The van der Waals surface area contributed by atoms with Gasteiger partial charge in [-0.1, -0.05) is 12.1 Å². The van der Waals surface area contributed by atoms with Crippen LogP contribution in [0.15, 0.2) is 35.8 Å². The van der Waals surface area contributed by atoms with Crippen LogP contribution in [0.1, 0.15) is 24.8 Å². The summed E-state index contributed by atoms with van der Waals surface area (Å²) in [6.07, 6.45) is 6.10. The van der Waals surface area contributed by atoms with Gasteiger partial charge in [0.15, 0.2) is 5.13 Å². The molecule has 1 aromatic heterocycles. The van der Waals surface area contributed by atoms with Gasteiger partial charge in [-0.2, -0.15) is 0 Å². The maximum atomic E-state index is 12.2. The Balaban J connectivity index is 1.40. The number of rotatable bonds is 5. The fourth-order valence-electron chi connectivity index (χ4n) is 3.04. The number of amides is 2. The molecule has 1 aliphatic heterocycles. The Hall–Kier alpha value is -2.08. The lowest BCUT2D eigenvalue weighted by molar-refractivity contribution is 0.180. The van der Waals surface area contributed by atoms with Gasteiger partial charge < -0.3 is 9.64 Å². The number of aromatic nitrogens is 1. The summed E-state index contributed by atoms with van der Waals surface area (Å²) in [6, 6.07) is 8.27. The number of thiazole rings is 1. The number of aryl methyl sites for hydroxylation is 1. The molecular weight excluding hydrogens is 322 g/mol. The van der Waals surface area contributed by atoms with Gasteiger partial charge in [-0.25, -0.2) is 9.78 Å². The van der Waals surface area contributed by atoms with Crippen LogP contribution in [-0.4, -0.2) is 36.1 Å². The van der Waals surface area contributed by atoms with Gasteiger partial charge in [-0.3, -0.25) is 5.32 Å². The van der Waals surface area contributed by atoms with Gasteiger partial charge in [0.25, 0.3) is 0 Å². The number of urea groups is 1. The van der Waals surface area contributed by atoms with Crippen molar-refractivity contribution < 1.29 is 9.53 Å². The normalized spacial score (nSPS) is 15.3. The predicted octanol–water partition coefficient (Wildman–Crippen LogP) is 4.03. The number of hydrogen-bond acceptors (Lipinski definition) is 4. The molecule has 1 aliphatic rings. The summed E-state index contributed by atoms with van der Waals surface area (Å²) in [6.45, 7) is 1.65. The molecule has 24 heavy (non-hydrogen) atoms. The number of piperidine rings is 1. The smallest absolute Gasteiger partial charge is 0.323 e. The number of methoxy groups -OCH3 is 1. The van der Waals surface area contributed by atoms with E-state index in [2.05, 4.69) is 22.4 Å². The molecule has 0 spiro atoms. The van der Waals surface area contributed by atoms with E-state index in [1.54, 1.807) is 13.3 Å². The molecule has 6 heteroatoms. The zero-order chi connectivity index (χ0) is 16.8. The van der Waals surface area contributed by atoms with Gasteiger partial charge >= 0.3 is 6.03 Å². The first-order valence-corrected chi connectivity index (χ1v) is 9.21. The molecule has 1 N–H and O–H groups in total. The number of nitrogens with one attached hydrogen (secondary N) is 1. The van der Waals surface area contributed by atoms with Gasteiger partial charge in [0.1, 0.15) is 5.75 Å². The fraction of sp³-hybridized carbons (Fsp3) is 0.444. The zero-order valence-corrected chi connectivity index (χ0v) is 14.7. The summed E-state index contributed by atoms with van der Waals surface area (Å²) in [7, 11) is 1.69. The molecule has 0 radical (unpaired) electrons. The van der Waals surface area contributed by atoms with Crippen LogP contribution in [0, 0.1) is 5.92 Å². The van der Waals surface area contributed by atoms with Crippen molar-refractivity contribution >= 4 is 22.5 Å². The van der Waals surface area contributed by atoms with Crippen molar-refractivity contribution in [3.63, 3.8) is 0 Å². The van der Waals surface area contributed by atoms with Crippen LogP contribution in [0.4, 0.5) is 9.93 Å². The van der Waals surface area contributed by atoms with Gasteiger partial charge in [0.05, 0.1) is 7.11 Å². The van der Waals surface area contributed by atoms with E-state index < -0.39 is 0 Å². The van der Waals surface area contributed by atoms with E-state index in [1.807, 2.05) is 22.4 Å². The van der Waals surface area contributed by atoms with Crippen molar-refractivity contribution in [2.24, 2.45) is 5.92 Å². The standard InChI is InChI=1S/C18H23N3O2S/c1-23-16-6-4-14(5-7-16)2-3-15-8-11-21(12-9-15)18(22)20-17-19-10-13-24-17/h4-7,10,13,15H,2-3,8-9,11-12H2,1H3,(H,19,20,22). The third kappa shape index (κ3) is 4.47. The highest BCUT2D eigenvalue weighted by molar-refractivity contribution is 7.13. The molecule has 1 saturated heterocycles. The first-order valence-electron chi connectivity index (χ1n) is 8.33. The number of nitrogens with zero attached hydrogens (tertiary/aromatic N) is 2. The Kier molecular flexibility index (Phi) is 5.69. The molecular formula is C18H23N3O2S. The molecule has 0 atom stereocenters. The third-order valence-electron chi connectivity index (χ3n) is 4.55. The first-order chi connectivity index (χ1) is 11.7. The highest BCUT2D eigenvalue weighted by atomic mass is 32.1. The Morgan fingerprint density at radius 1 is 1.33 bits per heavy atom. The van der Waals surface area contributed by atoms with Gasteiger partial charge in [-0.15, -0.1) is 11.3 Å². The molecule has 2 aromatic rings. The van der Waals surface area contributed by atoms with E-state index in [0.717, 1.165) is 38.1 Å². The average Bonchev–Trinajstić information content (AvgIpc) is 3.14. The second kappa shape index (κ2) is 8.15.